The summed E-state index contributed by atoms with van der Waals surface area (Å²) in [6.45, 7) is 8.36. The minimum atomic E-state index is -0.418. The van der Waals surface area contributed by atoms with Crippen LogP contribution in [0.5, 0.6) is 0 Å². The molecule has 0 saturated carbocycles. The molecule has 2 aromatic heterocycles. The summed E-state index contributed by atoms with van der Waals surface area (Å²) in [5.74, 6) is 0. The van der Waals surface area contributed by atoms with Gasteiger partial charge in [0.2, 0.25) is 0 Å². The zero-order chi connectivity index (χ0) is 20.9. The topological polar surface area (TPSA) is 22.9 Å². The quantitative estimate of drug-likeness (QED) is 0.423. The van der Waals surface area contributed by atoms with Crippen LogP contribution in [0, 0.1) is 0 Å². The first-order chi connectivity index (χ1) is 14.4. The molecule has 0 aliphatic carbocycles. The van der Waals surface area contributed by atoms with Gasteiger partial charge < -0.3 is 13.7 Å². The summed E-state index contributed by atoms with van der Waals surface area (Å²) < 4.78 is 15.0. The zero-order valence-electron chi connectivity index (χ0n) is 17.9. The summed E-state index contributed by atoms with van der Waals surface area (Å²) >= 11 is 0. The number of pyridine rings is 1. The molecule has 0 atom stereocenters. The third-order valence-electron chi connectivity index (χ3n) is 6.48. The van der Waals surface area contributed by atoms with Crippen molar-refractivity contribution in [3.63, 3.8) is 0 Å². The molecule has 1 aliphatic rings. The second-order valence-electron chi connectivity index (χ2n) is 8.94. The Morgan fingerprint density at radius 1 is 0.667 bits per heavy atom. The van der Waals surface area contributed by atoms with Crippen LogP contribution in [0.15, 0.2) is 85.1 Å². The van der Waals surface area contributed by atoms with Gasteiger partial charge >= 0.3 is 7.12 Å². The third kappa shape index (κ3) is 2.99. The second kappa shape index (κ2) is 6.87. The van der Waals surface area contributed by atoms with E-state index in [4.69, 9.17) is 9.31 Å². The maximum absolute atomic E-state index is 6.38. The van der Waals surface area contributed by atoms with Gasteiger partial charge in [-0.2, -0.15) is 0 Å². The molecule has 30 heavy (non-hydrogen) atoms. The average molecular weight is 395 g/mol. The van der Waals surface area contributed by atoms with Crippen molar-refractivity contribution >= 4 is 18.2 Å². The number of rotatable bonds is 3. The first kappa shape index (κ1) is 19.2. The van der Waals surface area contributed by atoms with Crippen LogP contribution in [0.2, 0.25) is 0 Å². The van der Waals surface area contributed by atoms with Gasteiger partial charge in [-0.15, -0.1) is 0 Å². The summed E-state index contributed by atoms with van der Waals surface area (Å²) in [6, 6.07) is 27.5. The number of hydrogen-bond acceptors (Lipinski definition) is 2. The van der Waals surface area contributed by atoms with Gasteiger partial charge in [0.05, 0.1) is 22.3 Å². The highest BCUT2D eigenvalue weighted by Gasteiger charge is 2.52. The molecule has 2 aromatic carbocycles. The first-order valence-electron chi connectivity index (χ1n) is 10.5. The van der Waals surface area contributed by atoms with E-state index in [0.29, 0.717) is 0 Å². The van der Waals surface area contributed by atoms with Crippen molar-refractivity contribution in [2.24, 2.45) is 0 Å². The van der Waals surface area contributed by atoms with Crippen molar-refractivity contribution in [2.45, 2.75) is 38.9 Å². The highest BCUT2D eigenvalue weighted by atomic mass is 16.7. The maximum atomic E-state index is 6.38. The van der Waals surface area contributed by atoms with E-state index >= 15 is 0 Å². The normalized spacial score (nSPS) is 17.5. The lowest BCUT2D eigenvalue weighted by atomic mass is 9.84. The summed E-state index contributed by atoms with van der Waals surface area (Å²) in [6.07, 6.45) is 2.22. The van der Waals surface area contributed by atoms with Crippen LogP contribution in [-0.4, -0.2) is 22.7 Å². The lowest BCUT2D eigenvalue weighted by Crippen LogP contribution is -2.41. The minimum Gasteiger partial charge on any atom is -0.398 e. The van der Waals surface area contributed by atoms with Crippen molar-refractivity contribution in [3.8, 4) is 22.3 Å². The fourth-order valence-corrected chi connectivity index (χ4v) is 4.12. The lowest BCUT2D eigenvalue weighted by molar-refractivity contribution is 0.00578. The van der Waals surface area contributed by atoms with Gasteiger partial charge in [-0.05, 0) is 51.0 Å². The van der Waals surface area contributed by atoms with Crippen LogP contribution in [0.25, 0.3) is 27.8 Å². The Kier molecular flexibility index (Phi) is 4.39. The fourth-order valence-electron chi connectivity index (χ4n) is 4.12. The van der Waals surface area contributed by atoms with Crippen LogP contribution >= 0.6 is 0 Å². The first-order valence-corrected chi connectivity index (χ1v) is 10.5. The van der Waals surface area contributed by atoms with E-state index in [1.165, 1.54) is 22.3 Å². The van der Waals surface area contributed by atoms with E-state index in [-0.39, 0.29) is 11.2 Å². The molecule has 4 heteroatoms. The highest BCUT2D eigenvalue weighted by molar-refractivity contribution is 6.61. The molecular weight excluding hydrogens is 369 g/mol. The molecule has 0 spiro atoms. The van der Waals surface area contributed by atoms with E-state index in [2.05, 4.69) is 117 Å². The molecule has 3 nitrogen and oxygen atoms in total. The zero-order valence-corrected chi connectivity index (χ0v) is 17.9. The van der Waals surface area contributed by atoms with E-state index in [1.54, 1.807) is 0 Å². The number of aromatic nitrogens is 1. The Balaban J connectivity index is 1.75. The van der Waals surface area contributed by atoms with Gasteiger partial charge in [-0.3, -0.25) is 0 Å². The average Bonchev–Trinajstić information content (AvgIpc) is 3.23. The van der Waals surface area contributed by atoms with Gasteiger partial charge in [0.1, 0.15) is 0 Å². The molecule has 0 bridgehead atoms. The molecule has 1 saturated heterocycles. The summed E-state index contributed by atoms with van der Waals surface area (Å²) in [5, 5.41) is 0. The van der Waals surface area contributed by atoms with E-state index in [1.807, 2.05) is 0 Å². The fraction of sp³-hybridized carbons (Fsp3) is 0.231. The Hall–Kier alpha value is -2.82. The Morgan fingerprint density at radius 2 is 1.23 bits per heavy atom. The van der Waals surface area contributed by atoms with Crippen molar-refractivity contribution in [3.05, 3.63) is 85.1 Å². The van der Waals surface area contributed by atoms with Crippen LogP contribution in [0.1, 0.15) is 27.7 Å². The van der Waals surface area contributed by atoms with E-state index in [0.717, 1.165) is 11.1 Å². The van der Waals surface area contributed by atoms with Crippen LogP contribution in [-0.2, 0) is 9.31 Å². The van der Waals surface area contributed by atoms with Gasteiger partial charge in [-0.1, -0.05) is 66.7 Å². The van der Waals surface area contributed by atoms with E-state index in [9.17, 15) is 0 Å². The number of nitrogens with zero attached hydrogens (tertiary/aromatic N) is 1. The molecule has 1 aliphatic heterocycles. The lowest BCUT2D eigenvalue weighted by Gasteiger charge is -2.32. The predicted octanol–water partition coefficient (Wildman–Crippen LogP) is 5.57. The molecule has 0 N–H and O–H groups in total. The van der Waals surface area contributed by atoms with Gasteiger partial charge in [0, 0.05) is 17.3 Å². The summed E-state index contributed by atoms with van der Waals surface area (Å²) in [7, 11) is -0.418. The molecular formula is C26H26BNO2. The molecule has 4 aromatic rings. The van der Waals surface area contributed by atoms with Crippen molar-refractivity contribution < 1.29 is 9.31 Å². The second-order valence-corrected chi connectivity index (χ2v) is 8.94. The number of hydrogen-bond donors (Lipinski definition) is 0. The largest absolute Gasteiger partial charge is 0.512 e. The van der Waals surface area contributed by atoms with Crippen LogP contribution in [0.3, 0.4) is 0 Å². The molecule has 150 valence electrons. The van der Waals surface area contributed by atoms with Crippen molar-refractivity contribution in [1.29, 1.82) is 0 Å². The van der Waals surface area contributed by atoms with Crippen LogP contribution in [0.4, 0.5) is 0 Å². The Morgan fingerprint density at radius 3 is 1.83 bits per heavy atom. The van der Waals surface area contributed by atoms with Gasteiger partial charge in [-0.25, -0.2) is 0 Å². The van der Waals surface area contributed by atoms with Gasteiger partial charge in [0.15, 0.2) is 0 Å². The standard InChI is InChI=1S/C26H26BNO2/c1-25(2)26(3,4)30-27(29-25)23-17-11-16-22-24(20-14-9-6-10-15-20)21(18-28(22)23)19-12-7-5-8-13-19/h5-18H,1-4H3. The van der Waals surface area contributed by atoms with Crippen molar-refractivity contribution in [2.75, 3.05) is 0 Å². The third-order valence-corrected chi connectivity index (χ3v) is 6.48. The van der Waals surface area contributed by atoms with Gasteiger partial charge in [0.25, 0.3) is 0 Å². The highest BCUT2D eigenvalue weighted by Crippen LogP contribution is 2.39. The maximum Gasteiger partial charge on any atom is 0.512 e. The molecule has 0 amide bonds. The molecule has 0 unspecified atom stereocenters. The minimum absolute atomic E-state index is 0.377. The Bertz CT molecular complexity index is 1180. The van der Waals surface area contributed by atoms with Crippen molar-refractivity contribution in [1.82, 2.24) is 4.40 Å². The molecule has 0 radical (unpaired) electrons. The summed E-state index contributed by atoms with van der Waals surface area (Å²) in [5.41, 5.74) is 6.21. The molecule has 1 fully saturated rings. The summed E-state index contributed by atoms with van der Waals surface area (Å²) in [4.78, 5) is 0. The Labute approximate surface area is 178 Å². The number of fused-ring (bicyclic) bond motifs is 1. The number of benzene rings is 2. The monoisotopic (exact) mass is 395 g/mol. The predicted molar refractivity (Wildman–Crippen MR) is 124 cm³/mol. The molecule has 5 rings (SSSR count). The smallest absolute Gasteiger partial charge is 0.398 e. The SMILES string of the molecule is CC1(C)OB(c2cccc3c(-c4ccccc4)c(-c4ccccc4)cn23)OC1(C)C. The van der Waals surface area contributed by atoms with E-state index < -0.39 is 7.12 Å². The van der Waals surface area contributed by atoms with Crippen LogP contribution < -0.4 is 5.59 Å². The molecule has 3 heterocycles.